The molecule has 4 heteroatoms. The molecular formula is C17H20O4. The van der Waals surface area contributed by atoms with E-state index < -0.39 is 6.10 Å². The van der Waals surface area contributed by atoms with Crippen LogP contribution in [0.1, 0.15) is 18.6 Å². The highest BCUT2D eigenvalue weighted by Crippen LogP contribution is 2.19. The number of rotatable bonds is 7. The molecule has 0 radical (unpaired) electrons. The summed E-state index contributed by atoms with van der Waals surface area (Å²) in [4.78, 5) is 0. The molecule has 0 aromatic heterocycles. The summed E-state index contributed by atoms with van der Waals surface area (Å²) in [5.41, 5.74) is 0.837. The zero-order valence-electron chi connectivity index (χ0n) is 12.3. The van der Waals surface area contributed by atoms with Crippen molar-refractivity contribution >= 4 is 0 Å². The monoisotopic (exact) mass is 288 g/mol. The van der Waals surface area contributed by atoms with E-state index in [9.17, 15) is 5.11 Å². The van der Waals surface area contributed by atoms with Crippen molar-refractivity contribution in [1.29, 1.82) is 0 Å². The number of methoxy groups -OCH3 is 1. The van der Waals surface area contributed by atoms with Crippen molar-refractivity contribution in [3.63, 3.8) is 0 Å². The summed E-state index contributed by atoms with van der Waals surface area (Å²) in [7, 11) is 1.63. The van der Waals surface area contributed by atoms with Gasteiger partial charge in [0.05, 0.1) is 13.2 Å². The molecule has 21 heavy (non-hydrogen) atoms. The number of hydrogen-bond acceptors (Lipinski definition) is 4. The Hall–Kier alpha value is -2.20. The molecule has 2 aromatic carbocycles. The molecular weight excluding hydrogens is 268 g/mol. The Morgan fingerprint density at radius 1 is 0.905 bits per heavy atom. The number of ether oxygens (including phenoxy) is 3. The topological polar surface area (TPSA) is 47.9 Å². The van der Waals surface area contributed by atoms with Crippen molar-refractivity contribution in [3.05, 3.63) is 54.1 Å². The average molecular weight is 288 g/mol. The van der Waals surface area contributed by atoms with E-state index in [1.807, 2.05) is 48.5 Å². The first-order valence-corrected chi connectivity index (χ1v) is 6.86. The van der Waals surface area contributed by atoms with Crippen LogP contribution in [0.25, 0.3) is 0 Å². The summed E-state index contributed by atoms with van der Waals surface area (Å²) in [5, 5.41) is 9.52. The summed E-state index contributed by atoms with van der Waals surface area (Å²) < 4.78 is 16.3. The molecule has 0 aliphatic heterocycles. The molecule has 0 saturated carbocycles. The fourth-order valence-electron chi connectivity index (χ4n) is 1.86. The van der Waals surface area contributed by atoms with Crippen LogP contribution in [0, 0.1) is 0 Å². The van der Waals surface area contributed by atoms with Gasteiger partial charge in [0.2, 0.25) is 0 Å². The standard InChI is InChI=1S/C17H20O4/c1-13(18)14-4-3-5-17(12-14)21-11-10-20-16-8-6-15(19-2)7-9-16/h3-9,12-13,18H,10-11H2,1-2H3. The van der Waals surface area contributed by atoms with Crippen molar-refractivity contribution in [3.8, 4) is 17.2 Å². The molecule has 4 nitrogen and oxygen atoms in total. The molecule has 2 rings (SSSR count). The van der Waals surface area contributed by atoms with Crippen LogP contribution in [-0.4, -0.2) is 25.4 Å². The van der Waals surface area contributed by atoms with Gasteiger partial charge >= 0.3 is 0 Å². The maximum absolute atomic E-state index is 9.52. The van der Waals surface area contributed by atoms with Crippen molar-refractivity contribution in [2.24, 2.45) is 0 Å². The Morgan fingerprint density at radius 2 is 1.52 bits per heavy atom. The molecule has 0 aliphatic carbocycles. The molecule has 2 aromatic rings. The molecule has 0 saturated heterocycles. The minimum absolute atomic E-state index is 0.440. The van der Waals surface area contributed by atoms with E-state index in [2.05, 4.69) is 0 Å². The van der Waals surface area contributed by atoms with Crippen LogP contribution in [0.3, 0.4) is 0 Å². The maximum Gasteiger partial charge on any atom is 0.122 e. The number of benzene rings is 2. The van der Waals surface area contributed by atoms with Gasteiger partial charge < -0.3 is 19.3 Å². The third kappa shape index (κ3) is 4.68. The molecule has 1 atom stereocenters. The lowest BCUT2D eigenvalue weighted by Crippen LogP contribution is -2.09. The first-order valence-electron chi connectivity index (χ1n) is 6.86. The summed E-state index contributed by atoms with van der Waals surface area (Å²) >= 11 is 0. The fourth-order valence-corrected chi connectivity index (χ4v) is 1.86. The lowest BCUT2D eigenvalue weighted by molar-refractivity contribution is 0.196. The van der Waals surface area contributed by atoms with Gasteiger partial charge in [0.1, 0.15) is 30.5 Å². The van der Waals surface area contributed by atoms with Crippen LogP contribution in [0.5, 0.6) is 17.2 Å². The van der Waals surface area contributed by atoms with Gasteiger partial charge in [-0.1, -0.05) is 12.1 Å². The normalized spacial score (nSPS) is 11.8. The molecule has 0 bridgehead atoms. The highest BCUT2D eigenvalue weighted by molar-refractivity contribution is 5.31. The Bertz CT molecular complexity index is 549. The molecule has 112 valence electrons. The minimum atomic E-state index is -0.496. The van der Waals surface area contributed by atoms with E-state index in [0.29, 0.717) is 13.2 Å². The highest BCUT2D eigenvalue weighted by Gasteiger charge is 2.02. The van der Waals surface area contributed by atoms with Crippen LogP contribution in [0.2, 0.25) is 0 Å². The largest absolute Gasteiger partial charge is 0.497 e. The lowest BCUT2D eigenvalue weighted by Gasteiger charge is -2.10. The van der Waals surface area contributed by atoms with Crippen LogP contribution >= 0.6 is 0 Å². The Labute approximate surface area is 124 Å². The maximum atomic E-state index is 9.52. The first-order chi connectivity index (χ1) is 10.2. The molecule has 0 amide bonds. The second-order valence-electron chi connectivity index (χ2n) is 4.62. The van der Waals surface area contributed by atoms with Gasteiger partial charge in [-0.3, -0.25) is 0 Å². The van der Waals surface area contributed by atoms with E-state index in [1.54, 1.807) is 14.0 Å². The van der Waals surface area contributed by atoms with Gasteiger partial charge in [-0.2, -0.15) is 0 Å². The Balaban J connectivity index is 1.77. The first kappa shape index (κ1) is 15.2. The quantitative estimate of drug-likeness (QED) is 0.795. The minimum Gasteiger partial charge on any atom is -0.497 e. The molecule has 1 N–H and O–H groups in total. The summed E-state index contributed by atoms with van der Waals surface area (Å²) in [6.45, 7) is 2.62. The van der Waals surface area contributed by atoms with E-state index in [-0.39, 0.29) is 0 Å². The van der Waals surface area contributed by atoms with Crippen molar-refractivity contribution < 1.29 is 19.3 Å². The highest BCUT2D eigenvalue weighted by atomic mass is 16.5. The van der Waals surface area contributed by atoms with Gasteiger partial charge in [0, 0.05) is 0 Å². The van der Waals surface area contributed by atoms with E-state index in [1.165, 1.54) is 0 Å². The SMILES string of the molecule is COc1ccc(OCCOc2cccc(C(C)O)c2)cc1. The van der Waals surface area contributed by atoms with Gasteiger partial charge in [-0.05, 0) is 48.9 Å². The number of aliphatic hydroxyl groups is 1. The van der Waals surface area contributed by atoms with Gasteiger partial charge in [0.15, 0.2) is 0 Å². The fraction of sp³-hybridized carbons (Fsp3) is 0.294. The molecule has 0 spiro atoms. The molecule has 0 heterocycles. The smallest absolute Gasteiger partial charge is 0.122 e. The summed E-state index contributed by atoms with van der Waals surface area (Å²) in [6.07, 6.45) is -0.496. The number of aliphatic hydroxyl groups excluding tert-OH is 1. The third-order valence-electron chi connectivity index (χ3n) is 3.02. The van der Waals surface area contributed by atoms with Crippen molar-refractivity contribution in [1.82, 2.24) is 0 Å². The van der Waals surface area contributed by atoms with Crippen LogP contribution < -0.4 is 14.2 Å². The predicted molar refractivity (Wildman–Crippen MR) is 81.1 cm³/mol. The van der Waals surface area contributed by atoms with Gasteiger partial charge in [0.25, 0.3) is 0 Å². The van der Waals surface area contributed by atoms with E-state index in [4.69, 9.17) is 14.2 Å². The van der Waals surface area contributed by atoms with Gasteiger partial charge in [-0.15, -0.1) is 0 Å². The van der Waals surface area contributed by atoms with Crippen LogP contribution in [0.4, 0.5) is 0 Å². The average Bonchev–Trinajstić information content (AvgIpc) is 2.52. The van der Waals surface area contributed by atoms with Crippen LogP contribution in [0.15, 0.2) is 48.5 Å². The summed E-state index contributed by atoms with van der Waals surface area (Å²) in [6, 6.07) is 14.8. The van der Waals surface area contributed by atoms with Crippen molar-refractivity contribution in [2.75, 3.05) is 20.3 Å². The zero-order chi connectivity index (χ0) is 15.1. The Kier molecular flexibility index (Phi) is 5.46. The third-order valence-corrected chi connectivity index (χ3v) is 3.02. The zero-order valence-corrected chi connectivity index (χ0v) is 12.3. The summed E-state index contributed by atoms with van der Waals surface area (Å²) in [5.74, 6) is 2.30. The number of hydrogen-bond donors (Lipinski definition) is 1. The second kappa shape index (κ2) is 7.55. The van der Waals surface area contributed by atoms with Gasteiger partial charge in [-0.25, -0.2) is 0 Å². The van der Waals surface area contributed by atoms with E-state index in [0.717, 1.165) is 22.8 Å². The molecule has 0 aliphatic rings. The lowest BCUT2D eigenvalue weighted by atomic mass is 10.1. The Morgan fingerprint density at radius 3 is 2.14 bits per heavy atom. The second-order valence-corrected chi connectivity index (χ2v) is 4.62. The van der Waals surface area contributed by atoms with Crippen molar-refractivity contribution in [2.45, 2.75) is 13.0 Å². The van der Waals surface area contributed by atoms with E-state index >= 15 is 0 Å². The van der Waals surface area contributed by atoms with Crippen LogP contribution in [-0.2, 0) is 0 Å². The predicted octanol–water partition coefficient (Wildman–Crippen LogP) is 3.21. The molecule has 1 unspecified atom stereocenters. The molecule has 0 fully saturated rings.